The summed E-state index contributed by atoms with van der Waals surface area (Å²) in [4.78, 5) is 0. The van der Waals surface area contributed by atoms with Gasteiger partial charge in [-0.05, 0) is 39.3 Å². The minimum absolute atomic E-state index is 0.0261. The Morgan fingerprint density at radius 3 is 2.44 bits per heavy atom. The lowest BCUT2D eigenvalue weighted by Crippen LogP contribution is -2.22. The van der Waals surface area contributed by atoms with Crippen molar-refractivity contribution in [3.05, 3.63) is 23.3 Å². The molecule has 5 heteroatoms. The maximum atomic E-state index is 11.7. The topological polar surface area (TPSA) is 69.4 Å². The second kappa shape index (κ2) is 5.61. The van der Waals surface area contributed by atoms with Gasteiger partial charge in [0, 0.05) is 11.3 Å². The van der Waals surface area contributed by atoms with Gasteiger partial charge in [-0.15, -0.1) is 0 Å². The third kappa shape index (κ3) is 3.38. The van der Waals surface area contributed by atoms with Crippen LogP contribution < -0.4 is 10.5 Å². The molecule has 0 aromatic heterocycles. The summed E-state index contributed by atoms with van der Waals surface area (Å²) < 4.78 is 28.9. The van der Waals surface area contributed by atoms with Crippen molar-refractivity contribution < 1.29 is 13.2 Å². The minimum atomic E-state index is -3.06. The number of sulfone groups is 1. The zero-order chi connectivity index (χ0) is 13.9. The molecule has 0 heterocycles. The monoisotopic (exact) mass is 271 g/mol. The highest BCUT2D eigenvalue weighted by molar-refractivity contribution is 7.91. The molecule has 0 aliphatic rings. The lowest BCUT2D eigenvalue weighted by molar-refractivity contribution is 0.336. The third-order valence-electron chi connectivity index (χ3n) is 2.98. The van der Waals surface area contributed by atoms with Gasteiger partial charge in [0.2, 0.25) is 0 Å². The summed E-state index contributed by atoms with van der Waals surface area (Å²) in [6.07, 6.45) is 0. The van der Waals surface area contributed by atoms with Crippen molar-refractivity contribution in [1.29, 1.82) is 0 Å². The van der Waals surface area contributed by atoms with Gasteiger partial charge in [-0.2, -0.15) is 0 Å². The Balaban J connectivity index is 2.74. The summed E-state index contributed by atoms with van der Waals surface area (Å²) in [5.74, 6) is 0.715. The van der Waals surface area contributed by atoms with E-state index in [-0.39, 0.29) is 17.6 Å². The fourth-order valence-corrected chi connectivity index (χ4v) is 2.35. The second-order valence-corrected chi connectivity index (χ2v) is 7.37. The molecule has 18 heavy (non-hydrogen) atoms. The van der Waals surface area contributed by atoms with Crippen LogP contribution in [0, 0.1) is 13.8 Å². The van der Waals surface area contributed by atoms with Gasteiger partial charge in [0.1, 0.15) is 12.4 Å². The first-order chi connectivity index (χ1) is 8.25. The first-order valence-corrected chi connectivity index (χ1v) is 7.67. The first kappa shape index (κ1) is 14.8. The molecule has 0 saturated carbocycles. The van der Waals surface area contributed by atoms with E-state index < -0.39 is 9.84 Å². The molecule has 0 unspecified atom stereocenters. The Labute approximate surface area is 109 Å². The van der Waals surface area contributed by atoms with Crippen molar-refractivity contribution in [2.45, 2.75) is 32.9 Å². The Kier molecular flexibility index (Phi) is 4.62. The fraction of sp³-hybridized carbons (Fsp3) is 0.538. The van der Waals surface area contributed by atoms with Crippen LogP contribution in [-0.4, -0.2) is 26.0 Å². The molecule has 1 rings (SSSR count). The van der Waals surface area contributed by atoms with Crippen LogP contribution in [0.15, 0.2) is 12.1 Å². The van der Waals surface area contributed by atoms with Gasteiger partial charge in [0.05, 0.1) is 11.0 Å². The lowest BCUT2D eigenvalue weighted by Gasteiger charge is -2.14. The van der Waals surface area contributed by atoms with Crippen molar-refractivity contribution in [1.82, 2.24) is 0 Å². The molecule has 0 atom stereocenters. The van der Waals surface area contributed by atoms with Crippen molar-refractivity contribution in [2.24, 2.45) is 0 Å². The van der Waals surface area contributed by atoms with Crippen LogP contribution in [0.2, 0.25) is 0 Å². The summed E-state index contributed by atoms with van der Waals surface area (Å²) in [5.41, 5.74) is 8.27. The standard InChI is InChI=1S/C13H21NO3S/c1-9(2)18(15,16)8-7-17-13-10(3)5-6-12(14)11(13)4/h5-6,9H,7-8,14H2,1-4H3. The van der Waals surface area contributed by atoms with E-state index >= 15 is 0 Å². The van der Waals surface area contributed by atoms with E-state index in [1.165, 1.54) is 0 Å². The SMILES string of the molecule is Cc1ccc(N)c(C)c1OCCS(=O)(=O)C(C)C. The van der Waals surface area contributed by atoms with Crippen LogP contribution in [0.4, 0.5) is 5.69 Å². The quantitative estimate of drug-likeness (QED) is 0.832. The highest BCUT2D eigenvalue weighted by Crippen LogP contribution is 2.27. The van der Waals surface area contributed by atoms with E-state index in [9.17, 15) is 8.42 Å². The highest BCUT2D eigenvalue weighted by Gasteiger charge is 2.16. The molecular weight excluding hydrogens is 250 g/mol. The fourth-order valence-electron chi connectivity index (χ4n) is 1.56. The zero-order valence-corrected chi connectivity index (χ0v) is 12.2. The minimum Gasteiger partial charge on any atom is -0.492 e. The van der Waals surface area contributed by atoms with Gasteiger partial charge in [-0.3, -0.25) is 0 Å². The van der Waals surface area contributed by atoms with E-state index in [0.29, 0.717) is 11.4 Å². The number of nitrogen functional groups attached to an aromatic ring is 1. The number of hydrogen-bond donors (Lipinski definition) is 1. The Bertz CT molecular complexity index is 521. The maximum absolute atomic E-state index is 11.7. The van der Waals surface area contributed by atoms with Gasteiger partial charge in [-0.1, -0.05) is 6.07 Å². The van der Waals surface area contributed by atoms with Crippen molar-refractivity contribution >= 4 is 15.5 Å². The first-order valence-electron chi connectivity index (χ1n) is 5.95. The molecular formula is C13H21NO3S. The normalized spacial score (nSPS) is 11.8. The van der Waals surface area contributed by atoms with Crippen LogP contribution in [-0.2, 0) is 9.84 Å². The summed E-state index contributed by atoms with van der Waals surface area (Å²) in [5, 5.41) is -0.371. The van der Waals surface area contributed by atoms with Gasteiger partial charge in [-0.25, -0.2) is 8.42 Å². The zero-order valence-electron chi connectivity index (χ0n) is 11.4. The molecule has 0 bridgehead atoms. The van der Waals surface area contributed by atoms with Crippen molar-refractivity contribution in [3.63, 3.8) is 0 Å². The number of hydrogen-bond acceptors (Lipinski definition) is 4. The molecule has 0 amide bonds. The van der Waals surface area contributed by atoms with Crippen LogP contribution in [0.1, 0.15) is 25.0 Å². The molecule has 0 aliphatic carbocycles. The summed E-state index contributed by atoms with van der Waals surface area (Å²) >= 11 is 0. The molecule has 0 saturated heterocycles. The second-order valence-electron chi connectivity index (χ2n) is 4.69. The molecule has 0 fully saturated rings. The molecule has 0 radical (unpaired) electrons. The number of anilines is 1. The van der Waals surface area contributed by atoms with Crippen LogP contribution in [0.5, 0.6) is 5.75 Å². The lowest BCUT2D eigenvalue weighted by atomic mass is 10.1. The molecule has 2 N–H and O–H groups in total. The largest absolute Gasteiger partial charge is 0.492 e. The molecule has 1 aromatic carbocycles. The van der Waals surface area contributed by atoms with Crippen LogP contribution >= 0.6 is 0 Å². The van der Waals surface area contributed by atoms with Gasteiger partial charge in [0.25, 0.3) is 0 Å². The molecule has 1 aromatic rings. The average Bonchev–Trinajstić information content (AvgIpc) is 2.28. The van der Waals surface area contributed by atoms with E-state index in [0.717, 1.165) is 11.1 Å². The predicted molar refractivity (Wildman–Crippen MR) is 74.7 cm³/mol. The maximum Gasteiger partial charge on any atom is 0.155 e. The molecule has 0 aliphatic heterocycles. The van der Waals surface area contributed by atoms with Gasteiger partial charge in [0.15, 0.2) is 9.84 Å². The number of benzene rings is 1. The predicted octanol–water partition coefficient (Wildman–Crippen LogP) is 2.09. The summed E-state index contributed by atoms with van der Waals surface area (Å²) in [6, 6.07) is 3.69. The van der Waals surface area contributed by atoms with E-state index in [1.54, 1.807) is 13.8 Å². The Morgan fingerprint density at radius 2 is 1.89 bits per heavy atom. The van der Waals surface area contributed by atoms with E-state index in [1.807, 2.05) is 26.0 Å². The van der Waals surface area contributed by atoms with E-state index in [4.69, 9.17) is 10.5 Å². The number of nitrogens with two attached hydrogens (primary N) is 1. The summed E-state index contributed by atoms with van der Waals surface area (Å²) in [6.45, 7) is 7.29. The van der Waals surface area contributed by atoms with Gasteiger partial charge >= 0.3 is 0 Å². The number of rotatable bonds is 5. The third-order valence-corrected chi connectivity index (χ3v) is 5.15. The molecule has 0 spiro atoms. The smallest absolute Gasteiger partial charge is 0.155 e. The van der Waals surface area contributed by atoms with E-state index in [2.05, 4.69) is 0 Å². The Morgan fingerprint density at radius 1 is 1.28 bits per heavy atom. The van der Waals surface area contributed by atoms with Crippen LogP contribution in [0.3, 0.4) is 0 Å². The van der Waals surface area contributed by atoms with Crippen molar-refractivity contribution in [3.8, 4) is 5.75 Å². The molecule has 4 nitrogen and oxygen atoms in total. The number of ether oxygens (including phenoxy) is 1. The summed E-state index contributed by atoms with van der Waals surface area (Å²) in [7, 11) is -3.06. The molecule has 102 valence electrons. The van der Waals surface area contributed by atoms with Gasteiger partial charge < -0.3 is 10.5 Å². The number of aryl methyl sites for hydroxylation is 1. The van der Waals surface area contributed by atoms with Crippen molar-refractivity contribution in [2.75, 3.05) is 18.1 Å². The Hall–Kier alpha value is -1.23. The average molecular weight is 271 g/mol. The highest BCUT2D eigenvalue weighted by atomic mass is 32.2. The van der Waals surface area contributed by atoms with Crippen LogP contribution in [0.25, 0.3) is 0 Å².